The minimum absolute atomic E-state index is 0.0941. The molecule has 5 heteroatoms. The molecule has 1 aliphatic heterocycles. The first kappa shape index (κ1) is 13.4. The number of piperidine rings is 1. The van der Waals surface area contributed by atoms with Gasteiger partial charge in [-0.25, -0.2) is 0 Å². The van der Waals surface area contributed by atoms with Crippen LogP contribution < -0.4 is 5.32 Å². The highest BCUT2D eigenvalue weighted by Crippen LogP contribution is 2.13. The second-order valence-corrected chi connectivity index (χ2v) is 4.06. The summed E-state index contributed by atoms with van der Waals surface area (Å²) in [6, 6.07) is 0. The number of nitrogens with one attached hydrogen (secondary N) is 1. The van der Waals surface area contributed by atoms with Gasteiger partial charge < -0.3 is 20.1 Å². The van der Waals surface area contributed by atoms with E-state index in [0.29, 0.717) is 13.0 Å². The van der Waals surface area contributed by atoms with Crippen molar-refractivity contribution in [1.82, 2.24) is 10.2 Å². The van der Waals surface area contributed by atoms with E-state index in [4.69, 9.17) is 9.84 Å². The number of hydrogen-bond acceptors (Lipinski definition) is 4. The fourth-order valence-electron chi connectivity index (χ4n) is 1.90. The van der Waals surface area contributed by atoms with E-state index in [9.17, 15) is 4.79 Å². The second-order valence-electron chi connectivity index (χ2n) is 4.06. The van der Waals surface area contributed by atoms with Crippen LogP contribution in [0.2, 0.25) is 0 Å². The van der Waals surface area contributed by atoms with Gasteiger partial charge >= 0.3 is 0 Å². The summed E-state index contributed by atoms with van der Waals surface area (Å²) in [5.41, 5.74) is 0. The molecule has 0 aromatic carbocycles. The molecule has 1 fully saturated rings. The van der Waals surface area contributed by atoms with Crippen molar-refractivity contribution in [2.24, 2.45) is 0 Å². The molecule has 0 saturated carbocycles. The number of nitrogens with zero attached hydrogens (tertiary/aromatic N) is 1. The third-order valence-electron chi connectivity index (χ3n) is 2.91. The van der Waals surface area contributed by atoms with Crippen LogP contribution in [0.25, 0.3) is 0 Å². The molecule has 0 spiro atoms. The molecule has 0 atom stereocenters. The molecule has 94 valence electrons. The molecule has 16 heavy (non-hydrogen) atoms. The molecular weight excluding hydrogens is 208 g/mol. The lowest BCUT2D eigenvalue weighted by Crippen LogP contribution is -2.39. The Hall–Kier alpha value is -0.650. The van der Waals surface area contributed by atoms with Crippen molar-refractivity contribution in [2.75, 3.05) is 39.9 Å². The quantitative estimate of drug-likeness (QED) is 0.651. The van der Waals surface area contributed by atoms with E-state index >= 15 is 0 Å². The molecule has 0 radical (unpaired) electrons. The molecule has 0 aromatic rings. The zero-order valence-electron chi connectivity index (χ0n) is 9.95. The topological polar surface area (TPSA) is 61.8 Å². The number of aliphatic hydroxyl groups excluding tert-OH is 1. The number of ether oxygens (including phenoxy) is 1. The van der Waals surface area contributed by atoms with E-state index in [-0.39, 0.29) is 18.6 Å². The monoisotopic (exact) mass is 230 g/mol. The summed E-state index contributed by atoms with van der Waals surface area (Å²) in [5, 5.41) is 11.3. The van der Waals surface area contributed by atoms with Crippen molar-refractivity contribution in [3.05, 3.63) is 0 Å². The number of likely N-dealkylation sites (tertiary alicyclic amines) is 1. The van der Waals surface area contributed by atoms with Crippen LogP contribution in [0.1, 0.15) is 19.3 Å². The lowest BCUT2D eigenvalue weighted by atomic mass is 10.1. The van der Waals surface area contributed by atoms with Gasteiger partial charge in [-0.3, -0.25) is 4.79 Å². The van der Waals surface area contributed by atoms with Gasteiger partial charge in [-0.1, -0.05) is 0 Å². The Bertz CT molecular complexity index is 203. The molecule has 1 aliphatic rings. The van der Waals surface area contributed by atoms with E-state index in [1.165, 1.54) is 0 Å². The molecule has 2 N–H and O–H groups in total. The Balaban J connectivity index is 2.09. The molecule has 1 heterocycles. The number of hydrogen-bond donors (Lipinski definition) is 2. The van der Waals surface area contributed by atoms with E-state index in [1.54, 1.807) is 7.05 Å². The van der Waals surface area contributed by atoms with Crippen LogP contribution in [-0.2, 0) is 9.53 Å². The second kappa shape index (κ2) is 7.60. The van der Waals surface area contributed by atoms with Crippen LogP contribution in [0.4, 0.5) is 0 Å². The number of rotatable bonds is 6. The fourth-order valence-corrected chi connectivity index (χ4v) is 1.90. The Morgan fingerprint density at radius 3 is 2.75 bits per heavy atom. The van der Waals surface area contributed by atoms with E-state index in [0.717, 1.165) is 32.5 Å². The van der Waals surface area contributed by atoms with Gasteiger partial charge in [0.25, 0.3) is 0 Å². The molecule has 0 aliphatic carbocycles. The largest absolute Gasteiger partial charge is 0.394 e. The van der Waals surface area contributed by atoms with E-state index in [2.05, 4.69) is 10.2 Å². The maximum Gasteiger partial charge on any atom is 0.221 e. The summed E-state index contributed by atoms with van der Waals surface area (Å²) in [5.74, 6) is 0.0960. The third kappa shape index (κ3) is 4.92. The highest BCUT2D eigenvalue weighted by molar-refractivity contribution is 5.75. The predicted octanol–water partition coefficient (Wildman–Crippen LogP) is -0.404. The minimum atomic E-state index is 0.0941. The Morgan fingerprint density at radius 1 is 1.50 bits per heavy atom. The molecular formula is C11H22N2O3. The molecule has 1 rings (SSSR count). The minimum Gasteiger partial charge on any atom is -0.394 e. The van der Waals surface area contributed by atoms with Crippen LogP contribution in [0.15, 0.2) is 0 Å². The molecule has 0 unspecified atom stereocenters. The van der Waals surface area contributed by atoms with Crippen molar-refractivity contribution in [3.63, 3.8) is 0 Å². The van der Waals surface area contributed by atoms with Gasteiger partial charge in [0, 0.05) is 33.1 Å². The highest BCUT2D eigenvalue weighted by atomic mass is 16.5. The average Bonchev–Trinajstić information content (AvgIpc) is 2.34. The first-order valence-corrected chi connectivity index (χ1v) is 5.91. The van der Waals surface area contributed by atoms with Gasteiger partial charge in [-0.05, 0) is 12.8 Å². The zero-order chi connectivity index (χ0) is 11.8. The predicted molar refractivity (Wildman–Crippen MR) is 61.2 cm³/mol. The van der Waals surface area contributed by atoms with E-state index in [1.807, 2.05) is 0 Å². The number of amides is 1. The highest BCUT2D eigenvalue weighted by Gasteiger charge is 2.19. The van der Waals surface area contributed by atoms with Gasteiger partial charge in [-0.2, -0.15) is 0 Å². The van der Waals surface area contributed by atoms with Gasteiger partial charge in [0.15, 0.2) is 0 Å². The molecule has 0 aromatic heterocycles. The lowest BCUT2D eigenvalue weighted by Gasteiger charge is -2.31. The van der Waals surface area contributed by atoms with Crippen LogP contribution in [0.3, 0.4) is 0 Å². The lowest BCUT2D eigenvalue weighted by molar-refractivity contribution is -0.121. The summed E-state index contributed by atoms with van der Waals surface area (Å²) in [6.45, 7) is 3.31. The van der Waals surface area contributed by atoms with Crippen LogP contribution in [0.5, 0.6) is 0 Å². The summed E-state index contributed by atoms with van der Waals surface area (Å²) < 4.78 is 5.47. The van der Waals surface area contributed by atoms with Crippen molar-refractivity contribution in [2.45, 2.75) is 25.4 Å². The van der Waals surface area contributed by atoms with Crippen molar-refractivity contribution in [1.29, 1.82) is 0 Å². The Morgan fingerprint density at radius 2 is 2.19 bits per heavy atom. The molecule has 0 bridgehead atoms. The number of aliphatic hydroxyl groups is 1. The van der Waals surface area contributed by atoms with Gasteiger partial charge in [0.2, 0.25) is 5.91 Å². The SMILES string of the molecule is CNC(=O)CCN1CCC(OCCO)CC1. The summed E-state index contributed by atoms with van der Waals surface area (Å²) in [4.78, 5) is 13.4. The van der Waals surface area contributed by atoms with Gasteiger partial charge in [-0.15, -0.1) is 0 Å². The standard InChI is InChI=1S/C11H22N2O3/c1-12-11(15)4-7-13-5-2-10(3-6-13)16-9-8-14/h10,14H,2-9H2,1H3,(H,12,15). The van der Waals surface area contributed by atoms with Gasteiger partial charge in [0.05, 0.1) is 19.3 Å². The third-order valence-corrected chi connectivity index (χ3v) is 2.91. The zero-order valence-corrected chi connectivity index (χ0v) is 9.95. The van der Waals surface area contributed by atoms with Crippen LogP contribution >= 0.6 is 0 Å². The molecule has 1 saturated heterocycles. The average molecular weight is 230 g/mol. The van der Waals surface area contributed by atoms with Crippen molar-refractivity contribution in [3.8, 4) is 0 Å². The Kier molecular flexibility index (Phi) is 6.37. The first-order chi connectivity index (χ1) is 7.76. The smallest absolute Gasteiger partial charge is 0.221 e. The molecule has 5 nitrogen and oxygen atoms in total. The molecule has 1 amide bonds. The van der Waals surface area contributed by atoms with Crippen molar-refractivity contribution < 1.29 is 14.6 Å². The van der Waals surface area contributed by atoms with Crippen molar-refractivity contribution >= 4 is 5.91 Å². The van der Waals surface area contributed by atoms with Gasteiger partial charge in [0.1, 0.15) is 0 Å². The Labute approximate surface area is 96.8 Å². The number of carbonyl (C=O) groups is 1. The van der Waals surface area contributed by atoms with Crippen LogP contribution in [0, 0.1) is 0 Å². The summed E-state index contributed by atoms with van der Waals surface area (Å²) >= 11 is 0. The summed E-state index contributed by atoms with van der Waals surface area (Å²) in [6.07, 6.45) is 2.84. The van der Waals surface area contributed by atoms with Crippen LogP contribution in [-0.4, -0.2) is 61.9 Å². The number of carbonyl (C=O) groups excluding carboxylic acids is 1. The first-order valence-electron chi connectivity index (χ1n) is 5.91. The summed E-state index contributed by atoms with van der Waals surface area (Å²) in [7, 11) is 1.66. The maximum absolute atomic E-state index is 11.1. The fraction of sp³-hybridized carbons (Fsp3) is 0.909. The maximum atomic E-state index is 11.1. The normalized spacial score (nSPS) is 18.6. The van der Waals surface area contributed by atoms with E-state index < -0.39 is 0 Å².